The highest BCUT2D eigenvalue weighted by molar-refractivity contribution is 6.29. The third kappa shape index (κ3) is 2.47. The number of aliphatic imine (C=N–C) groups is 1. The van der Waals surface area contributed by atoms with E-state index in [0.717, 1.165) is 11.1 Å². The van der Waals surface area contributed by atoms with Crippen LogP contribution >= 0.6 is 11.6 Å². The second-order valence-electron chi connectivity index (χ2n) is 5.36. The van der Waals surface area contributed by atoms with Gasteiger partial charge in [0.05, 0.1) is 30.2 Å². The van der Waals surface area contributed by atoms with Crippen LogP contribution in [-0.4, -0.2) is 15.7 Å². The fourth-order valence-corrected chi connectivity index (χ4v) is 2.94. The van der Waals surface area contributed by atoms with Gasteiger partial charge in [-0.25, -0.2) is 13.8 Å². The molecule has 0 atom stereocenters. The molecule has 0 aliphatic carbocycles. The van der Waals surface area contributed by atoms with Gasteiger partial charge >= 0.3 is 0 Å². The van der Waals surface area contributed by atoms with Crippen molar-refractivity contribution in [2.24, 2.45) is 4.99 Å². The van der Waals surface area contributed by atoms with Crippen molar-refractivity contribution in [3.8, 4) is 11.1 Å². The number of halogens is 3. The molecule has 2 heterocycles. The van der Waals surface area contributed by atoms with Gasteiger partial charge < -0.3 is 0 Å². The summed E-state index contributed by atoms with van der Waals surface area (Å²) in [6.07, 6.45) is 3.00. The fourth-order valence-electron chi connectivity index (χ4n) is 2.79. The maximum Gasteiger partial charge on any atom is 0.148 e. The average molecular weight is 342 g/mol. The Kier molecular flexibility index (Phi) is 3.58. The van der Waals surface area contributed by atoms with Crippen LogP contribution in [0.2, 0.25) is 5.15 Å². The lowest BCUT2D eigenvalue weighted by Crippen LogP contribution is -2.05. The minimum absolute atomic E-state index is 0.0521. The van der Waals surface area contributed by atoms with Gasteiger partial charge in [-0.2, -0.15) is 0 Å². The number of fused-ring (bicyclic) bond motifs is 1. The van der Waals surface area contributed by atoms with Crippen LogP contribution in [0.15, 0.2) is 53.8 Å². The van der Waals surface area contributed by atoms with Crippen LogP contribution in [0.1, 0.15) is 16.8 Å². The molecular formula is C18H10ClF2N3. The van der Waals surface area contributed by atoms with E-state index in [2.05, 4.69) is 15.0 Å². The lowest BCUT2D eigenvalue weighted by molar-refractivity contribution is 0.589. The molecule has 0 unspecified atom stereocenters. The maximum absolute atomic E-state index is 14.1. The first-order valence-corrected chi connectivity index (χ1v) is 7.61. The molecule has 0 fully saturated rings. The lowest BCUT2D eigenvalue weighted by atomic mass is 9.96. The van der Waals surface area contributed by atoms with E-state index in [1.165, 1.54) is 24.4 Å². The van der Waals surface area contributed by atoms with Crippen LogP contribution < -0.4 is 0 Å². The highest BCUT2D eigenvalue weighted by Gasteiger charge is 2.21. The molecule has 0 bridgehead atoms. The molecular weight excluding hydrogens is 332 g/mol. The van der Waals surface area contributed by atoms with Gasteiger partial charge in [0.1, 0.15) is 22.5 Å². The van der Waals surface area contributed by atoms with Crippen molar-refractivity contribution in [1.82, 2.24) is 9.97 Å². The van der Waals surface area contributed by atoms with Crippen LogP contribution in [0.5, 0.6) is 0 Å². The van der Waals surface area contributed by atoms with Crippen LogP contribution in [0.4, 0.5) is 8.78 Å². The van der Waals surface area contributed by atoms with Gasteiger partial charge in [0.25, 0.3) is 0 Å². The minimum Gasteiger partial charge on any atom is -0.278 e. The molecule has 1 aliphatic rings. The molecule has 0 saturated carbocycles. The lowest BCUT2D eigenvalue weighted by Gasteiger charge is -2.09. The zero-order valence-electron chi connectivity index (χ0n) is 12.3. The van der Waals surface area contributed by atoms with Gasteiger partial charge in [0.15, 0.2) is 0 Å². The van der Waals surface area contributed by atoms with E-state index in [4.69, 9.17) is 11.6 Å². The molecule has 0 N–H and O–H groups in total. The Morgan fingerprint density at radius 3 is 2.54 bits per heavy atom. The van der Waals surface area contributed by atoms with Crippen molar-refractivity contribution in [3.63, 3.8) is 0 Å². The van der Waals surface area contributed by atoms with Gasteiger partial charge in [-0.3, -0.25) is 9.98 Å². The second-order valence-corrected chi connectivity index (χ2v) is 5.75. The van der Waals surface area contributed by atoms with Crippen LogP contribution in [-0.2, 0) is 6.54 Å². The third-order valence-electron chi connectivity index (χ3n) is 3.87. The normalized spacial score (nSPS) is 12.9. The molecule has 3 nitrogen and oxygen atoms in total. The van der Waals surface area contributed by atoms with E-state index in [-0.39, 0.29) is 10.7 Å². The summed E-state index contributed by atoms with van der Waals surface area (Å²) in [4.78, 5) is 12.7. The van der Waals surface area contributed by atoms with Gasteiger partial charge in [0, 0.05) is 5.56 Å². The molecule has 4 rings (SSSR count). The number of rotatable bonds is 2. The number of hydrogen-bond acceptors (Lipinski definition) is 3. The quantitative estimate of drug-likeness (QED) is 0.691. The predicted molar refractivity (Wildman–Crippen MR) is 88.2 cm³/mol. The molecule has 24 heavy (non-hydrogen) atoms. The molecule has 0 spiro atoms. The Labute approximate surface area is 141 Å². The van der Waals surface area contributed by atoms with Gasteiger partial charge in [-0.15, -0.1) is 0 Å². The Bertz CT molecular complexity index is 965. The molecule has 0 saturated heterocycles. The zero-order valence-corrected chi connectivity index (χ0v) is 13.1. The van der Waals surface area contributed by atoms with Gasteiger partial charge in [0.2, 0.25) is 0 Å². The number of aromatic nitrogens is 2. The summed E-state index contributed by atoms with van der Waals surface area (Å²) in [5.41, 5.74) is 3.31. The summed E-state index contributed by atoms with van der Waals surface area (Å²) in [7, 11) is 0. The summed E-state index contributed by atoms with van der Waals surface area (Å²) >= 11 is 5.89. The fraction of sp³-hybridized carbons (Fsp3) is 0.0556. The summed E-state index contributed by atoms with van der Waals surface area (Å²) in [5, 5.41) is 0.264. The number of benzene rings is 2. The Morgan fingerprint density at radius 2 is 1.79 bits per heavy atom. The third-order valence-corrected chi connectivity index (χ3v) is 4.05. The zero-order chi connectivity index (χ0) is 16.7. The first-order valence-electron chi connectivity index (χ1n) is 7.23. The van der Waals surface area contributed by atoms with Crippen molar-refractivity contribution in [2.45, 2.75) is 6.54 Å². The van der Waals surface area contributed by atoms with Crippen LogP contribution in [0, 0.1) is 11.6 Å². The van der Waals surface area contributed by atoms with Crippen molar-refractivity contribution in [1.29, 1.82) is 0 Å². The average Bonchev–Trinajstić information content (AvgIpc) is 2.98. The Morgan fingerprint density at radius 1 is 1.00 bits per heavy atom. The molecule has 0 amide bonds. The maximum atomic E-state index is 14.1. The molecule has 2 aromatic carbocycles. The van der Waals surface area contributed by atoms with E-state index in [0.29, 0.717) is 23.5 Å². The van der Waals surface area contributed by atoms with Crippen molar-refractivity contribution < 1.29 is 8.78 Å². The number of nitrogens with zero attached hydrogens (tertiary/aromatic N) is 3. The van der Waals surface area contributed by atoms with Crippen molar-refractivity contribution in [3.05, 3.63) is 82.4 Å². The second kappa shape index (κ2) is 5.76. The molecule has 0 radical (unpaired) electrons. The molecule has 3 aromatic rings. The SMILES string of the molecule is Fc1cccc(F)c1-c1ccc2c(c1)C(c1cncc(Cl)n1)=NC2. The first kappa shape index (κ1) is 14.9. The summed E-state index contributed by atoms with van der Waals surface area (Å²) in [6.45, 7) is 0.485. The standard InChI is InChI=1S/C18H10ClF2N3/c19-16-9-22-8-15(24-16)18-12-6-10(4-5-11(12)7-23-18)17-13(20)2-1-3-14(17)21/h1-6,8-9H,7H2. The van der Waals surface area contributed by atoms with E-state index >= 15 is 0 Å². The van der Waals surface area contributed by atoms with Crippen LogP contribution in [0.3, 0.4) is 0 Å². The predicted octanol–water partition coefficient (Wildman–Crippen LogP) is 4.43. The minimum atomic E-state index is -0.603. The van der Waals surface area contributed by atoms with Crippen LogP contribution in [0.25, 0.3) is 11.1 Å². The molecule has 1 aliphatic heterocycles. The largest absolute Gasteiger partial charge is 0.278 e. The highest BCUT2D eigenvalue weighted by atomic mass is 35.5. The van der Waals surface area contributed by atoms with Gasteiger partial charge in [-0.1, -0.05) is 29.8 Å². The summed E-state index contributed by atoms with van der Waals surface area (Å²) in [5.74, 6) is -1.21. The van der Waals surface area contributed by atoms with Crippen molar-refractivity contribution in [2.75, 3.05) is 0 Å². The highest BCUT2D eigenvalue weighted by Crippen LogP contribution is 2.31. The van der Waals surface area contributed by atoms with E-state index < -0.39 is 11.6 Å². The molecule has 118 valence electrons. The molecule has 1 aromatic heterocycles. The van der Waals surface area contributed by atoms with Crippen molar-refractivity contribution >= 4 is 17.3 Å². The van der Waals surface area contributed by atoms with E-state index in [9.17, 15) is 8.78 Å². The Balaban J connectivity index is 1.84. The first-order chi connectivity index (χ1) is 11.6. The van der Waals surface area contributed by atoms with E-state index in [1.807, 2.05) is 6.07 Å². The summed E-state index contributed by atoms with van der Waals surface area (Å²) in [6, 6.07) is 9.07. The molecule has 6 heteroatoms. The monoisotopic (exact) mass is 341 g/mol. The Hall–Kier alpha value is -2.66. The smallest absolute Gasteiger partial charge is 0.148 e. The van der Waals surface area contributed by atoms with Gasteiger partial charge in [-0.05, 0) is 29.3 Å². The van der Waals surface area contributed by atoms with E-state index in [1.54, 1.807) is 18.3 Å². The summed E-state index contributed by atoms with van der Waals surface area (Å²) < 4.78 is 28.1. The topological polar surface area (TPSA) is 38.1 Å². The number of hydrogen-bond donors (Lipinski definition) is 0.